The summed E-state index contributed by atoms with van der Waals surface area (Å²) in [6.45, 7) is 0. The summed E-state index contributed by atoms with van der Waals surface area (Å²) in [6.07, 6.45) is 0. The summed E-state index contributed by atoms with van der Waals surface area (Å²) in [5.74, 6) is 0. The molecule has 4 nitrogen and oxygen atoms in total. The van der Waals surface area contributed by atoms with Crippen molar-refractivity contribution in [1.29, 1.82) is 0 Å². The second-order valence-corrected chi connectivity index (χ2v) is 10.1. The second kappa shape index (κ2) is 6.20. The van der Waals surface area contributed by atoms with Crippen LogP contribution in [0.1, 0.15) is 0 Å². The van der Waals surface area contributed by atoms with Crippen molar-refractivity contribution in [1.82, 2.24) is 0 Å². The van der Waals surface area contributed by atoms with Crippen molar-refractivity contribution in [3.8, 4) is 0 Å². The third kappa shape index (κ3) is 3.06. The van der Waals surface area contributed by atoms with Crippen molar-refractivity contribution in [2.75, 3.05) is 10.6 Å². The Hall–Kier alpha value is -1.70. The highest BCUT2D eigenvalue weighted by Gasteiger charge is 2.26. The Morgan fingerprint density at radius 2 is 1.14 bits per heavy atom. The van der Waals surface area contributed by atoms with Crippen molar-refractivity contribution >= 4 is 57.0 Å². The van der Waals surface area contributed by atoms with Crippen molar-refractivity contribution in [2.45, 2.75) is 0 Å². The fraction of sp³-hybridized carbons (Fsp3) is 0. The fourth-order valence-corrected chi connectivity index (χ4v) is 7.21. The molecule has 0 radical (unpaired) electrons. The highest BCUT2D eigenvalue weighted by atomic mass is 33.5. The van der Waals surface area contributed by atoms with Crippen LogP contribution >= 0.6 is 30.1 Å². The molecule has 2 aliphatic rings. The first kappa shape index (κ1) is 13.9. The van der Waals surface area contributed by atoms with E-state index in [4.69, 9.17) is 0 Å². The predicted octanol–water partition coefficient (Wildman–Crippen LogP) is 4.60. The Morgan fingerprint density at radius 3 is 1.55 bits per heavy atom. The third-order valence-electron chi connectivity index (χ3n) is 2.90. The van der Waals surface area contributed by atoms with Crippen LogP contribution in [0.15, 0.2) is 70.6 Å². The van der Waals surface area contributed by atoms with E-state index in [9.17, 15) is 0 Å². The lowest BCUT2D eigenvalue weighted by atomic mass is 10.3. The van der Waals surface area contributed by atoms with E-state index in [1.54, 1.807) is 21.6 Å². The Morgan fingerprint density at radius 1 is 0.682 bits per heavy atom. The first-order valence-corrected chi connectivity index (χ1v) is 10.6. The number of anilines is 2. The molecule has 0 fully saturated rings. The number of hydrogen-bond acceptors (Lipinski definition) is 6. The molecule has 2 aromatic carbocycles. The maximum Gasteiger partial charge on any atom is 0.203 e. The number of aliphatic imine (C=N–C) groups is 2. The van der Waals surface area contributed by atoms with Gasteiger partial charge >= 0.3 is 0 Å². The number of rotatable bonds is 2. The first-order valence-electron chi connectivity index (χ1n) is 6.66. The molecule has 4 rings (SSSR count). The standard InChI is InChI=1S/C15H12N4S3/c1-3-7-11(8-4-1)16-13-18-15-19-14(21-22(15)20-13)17-12-9-5-2-6-10-12/h1-10H,(H,16,18)(H,17,19). The van der Waals surface area contributed by atoms with Gasteiger partial charge in [0.1, 0.15) is 0 Å². The number of hydrogen-bond donors (Lipinski definition) is 2. The van der Waals surface area contributed by atoms with Crippen molar-refractivity contribution < 1.29 is 0 Å². The zero-order chi connectivity index (χ0) is 14.8. The molecule has 7 heteroatoms. The molecule has 0 aromatic heterocycles. The lowest BCUT2D eigenvalue weighted by Gasteiger charge is -2.07. The number of amidine groups is 2. The summed E-state index contributed by atoms with van der Waals surface area (Å²) in [5, 5.41) is 9.39. The van der Waals surface area contributed by atoms with Gasteiger partial charge in [-0.3, -0.25) is 0 Å². The van der Waals surface area contributed by atoms with Crippen LogP contribution in [0.3, 0.4) is 0 Å². The maximum atomic E-state index is 4.59. The number of nitrogens with zero attached hydrogens (tertiary/aromatic N) is 2. The third-order valence-corrected chi connectivity index (χ3v) is 8.36. The maximum absolute atomic E-state index is 4.59. The monoisotopic (exact) mass is 344 g/mol. The topological polar surface area (TPSA) is 48.8 Å². The normalized spacial score (nSPS) is 17.0. The minimum absolute atomic E-state index is 0.0578. The van der Waals surface area contributed by atoms with Gasteiger partial charge in [0.05, 0.1) is 0 Å². The first-order chi connectivity index (χ1) is 10.9. The van der Waals surface area contributed by atoms with Crippen molar-refractivity contribution in [3.05, 3.63) is 60.7 Å². The summed E-state index contributed by atoms with van der Waals surface area (Å²) in [7, 11) is 3.40. The van der Waals surface area contributed by atoms with Gasteiger partial charge in [-0.1, -0.05) is 36.4 Å². The van der Waals surface area contributed by atoms with Gasteiger partial charge < -0.3 is 10.6 Å². The summed E-state index contributed by atoms with van der Waals surface area (Å²) in [5.41, 5.74) is 2.10. The summed E-state index contributed by atoms with van der Waals surface area (Å²) in [6, 6.07) is 20.2. The number of para-hydroxylation sites is 2. The van der Waals surface area contributed by atoms with Crippen molar-refractivity contribution in [2.24, 2.45) is 9.98 Å². The number of nitrogens with one attached hydrogen (secondary N) is 2. The lowest BCUT2D eigenvalue weighted by Crippen LogP contribution is -2.08. The molecule has 0 saturated heterocycles. The quantitative estimate of drug-likeness (QED) is 0.617. The Bertz CT molecular complexity index is 719. The lowest BCUT2D eigenvalue weighted by molar-refractivity contribution is 1.57. The van der Waals surface area contributed by atoms with Crippen LogP contribution in [0.2, 0.25) is 0 Å². The molecule has 2 heterocycles. The van der Waals surface area contributed by atoms with Crippen LogP contribution in [0, 0.1) is 0 Å². The average molecular weight is 344 g/mol. The SMILES string of the molecule is c1ccc(NC2=NC3=S(S2)SC(Nc2ccccc2)=N3)cc1. The number of benzene rings is 2. The van der Waals surface area contributed by atoms with E-state index in [0.717, 1.165) is 26.8 Å². The van der Waals surface area contributed by atoms with E-state index in [-0.39, 0.29) is 8.55 Å². The van der Waals surface area contributed by atoms with Crippen LogP contribution in [-0.2, 0) is 0 Å². The van der Waals surface area contributed by atoms with E-state index in [1.165, 1.54) is 0 Å². The Labute approximate surface area is 138 Å². The van der Waals surface area contributed by atoms with Crippen LogP contribution in [0.4, 0.5) is 11.4 Å². The zero-order valence-electron chi connectivity index (χ0n) is 11.4. The van der Waals surface area contributed by atoms with E-state index in [1.807, 2.05) is 60.7 Å². The molecule has 2 aromatic rings. The van der Waals surface area contributed by atoms with E-state index in [2.05, 4.69) is 20.6 Å². The van der Waals surface area contributed by atoms with Gasteiger partial charge in [0.25, 0.3) is 0 Å². The summed E-state index contributed by atoms with van der Waals surface area (Å²) in [4.78, 5) is 9.17. The molecule has 110 valence electrons. The molecular weight excluding hydrogens is 332 g/mol. The summed E-state index contributed by atoms with van der Waals surface area (Å²) < 4.78 is 0. The van der Waals surface area contributed by atoms with E-state index < -0.39 is 0 Å². The molecule has 0 spiro atoms. The molecular formula is C15H12N4S3. The molecule has 0 bridgehead atoms. The molecule has 0 aliphatic carbocycles. The molecule has 0 atom stereocenters. The zero-order valence-corrected chi connectivity index (χ0v) is 13.8. The predicted molar refractivity (Wildman–Crippen MR) is 103 cm³/mol. The molecule has 0 unspecified atom stereocenters. The fourth-order valence-electron chi connectivity index (χ4n) is 1.93. The van der Waals surface area contributed by atoms with Crippen LogP contribution in [0.25, 0.3) is 0 Å². The van der Waals surface area contributed by atoms with Crippen LogP contribution in [-0.4, -0.2) is 15.4 Å². The molecule has 2 aliphatic heterocycles. The highest BCUT2D eigenvalue weighted by molar-refractivity contribution is 9.21. The summed E-state index contributed by atoms with van der Waals surface area (Å²) >= 11 is 0. The van der Waals surface area contributed by atoms with Gasteiger partial charge in [-0.25, -0.2) is 0 Å². The Kier molecular flexibility index (Phi) is 3.92. The van der Waals surface area contributed by atoms with Gasteiger partial charge in [-0.05, 0) is 54.4 Å². The minimum Gasteiger partial charge on any atom is -0.334 e. The molecule has 0 amide bonds. The van der Waals surface area contributed by atoms with Gasteiger partial charge in [0.15, 0.2) is 10.3 Å². The minimum atomic E-state index is -0.0578. The molecule has 22 heavy (non-hydrogen) atoms. The van der Waals surface area contributed by atoms with Crippen LogP contribution < -0.4 is 10.6 Å². The van der Waals surface area contributed by atoms with Crippen molar-refractivity contribution in [3.63, 3.8) is 0 Å². The second-order valence-electron chi connectivity index (χ2n) is 4.50. The Balaban J connectivity index is 1.43. The van der Waals surface area contributed by atoms with E-state index in [0.29, 0.717) is 0 Å². The smallest absolute Gasteiger partial charge is 0.203 e. The van der Waals surface area contributed by atoms with Gasteiger partial charge in [0.2, 0.25) is 5.11 Å². The van der Waals surface area contributed by atoms with E-state index >= 15 is 0 Å². The molecule has 0 saturated carbocycles. The highest BCUT2D eigenvalue weighted by Crippen LogP contribution is 2.53. The van der Waals surface area contributed by atoms with Gasteiger partial charge in [0, 0.05) is 11.4 Å². The average Bonchev–Trinajstić information content (AvgIpc) is 3.07. The largest absolute Gasteiger partial charge is 0.334 e. The van der Waals surface area contributed by atoms with Crippen LogP contribution in [0.5, 0.6) is 0 Å². The van der Waals surface area contributed by atoms with Gasteiger partial charge in [-0.15, -0.1) is 0 Å². The van der Waals surface area contributed by atoms with Gasteiger partial charge in [-0.2, -0.15) is 9.98 Å². The molecule has 2 N–H and O–H groups in total.